The molecule has 38 rings (SSSR count). The summed E-state index contributed by atoms with van der Waals surface area (Å²) in [4.78, 5) is 0. The van der Waals surface area contributed by atoms with Gasteiger partial charge < -0.3 is 0 Å². The molecule has 10 aromatic rings. The summed E-state index contributed by atoms with van der Waals surface area (Å²) in [5.74, 6) is 0. The summed E-state index contributed by atoms with van der Waals surface area (Å²) in [6, 6.07) is 81.1. The highest BCUT2D eigenvalue weighted by Gasteiger charge is 2.14. The molecule has 0 amide bonds. The Morgan fingerprint density at radius 3 is 0.328 bits per heavy atom. The van der Waals surface area contributed by atoms with E-state index in [0.717, 1.165) is 0 Å². The maximum atomic E-state index is 2.29. The van der Waals surface area contributed by atoms with Crippen LogP contribution in [0.4, 0.5) is 0 Å². The van der Waals surface area contributed by atoms with Gasteiger partial charge in [0.25, 0.3) is 0 Å². The molecule has 0 aromatic heterocycles. The SMILES string of the molecule is Cc1c2ccc(c1C)-c1ccc(cc1)-c1ccc(cc1)-c1ccc(cc1)-c1ccc(cc1)-c1ccc(c(C)c1C)-c1ccc(cc1)-c1ccc(cc1)-c1ccc(cc1)-c1ccc-2cc1. The average Bonchev–Trinajstić information content (AvgIpc) is 3.36. The van der Waals surface area contributed by atoms with Gasteiger partial charge in [0.2, 0.25) is 0 Å². The molecule has 0 heterocycles. The summed E-state index contributed by atoms with van der Waals surface area (Å²) >= 11 is 0. The highest BCUT2D eigenvalue weighted by atomic mass is 14.2. The third kappa shape index (κ3) is 7.18. The Morgan fingerprint density at radius 2 is 0.219 bits per heavy atom. The van der Waals surface area contributed by atoms with E-state index in [9.17, 15) is 0 Å². The quantitative estimate of drug-likeness (QED) is 0.143. The maximum Gasteiger partial charge on any atom is -0.0152 e. The molecule has 20 bridgehead atoms. The average molecular weight is 817 g/mol. The van der Waals surface area contributed by atoms with Crippen LogP contribution >= 0.6 is 0 Å². The van der Waals surface area contributed by atoms with Crippen molar-refractivity contribution in [1.82, 2.24) is 0 Å². The summed E-state index contributed by atoms with van der Waals surface area (Å²) in [7, 11) is 0. The van der Waals surface area contributed by atoms with E-state index in [1.54, 1.807) is 0 Å². The Morgan fingerprint density at radius 1 is 0.125 bits per heavy atom. The second-order valence-electron chi connectivity index (χ2n) is 17.4. The molecule has 0 saturated carbocycles. The Balaban J connectivity index is 0.937. The Hall–Kier alpha value is -7.80. The smallest absolute Gasteiger partial charge is 0.0152 e. The van der Waals surface area contributed by atoms with Crippen LogP contribution in [0.1, 0.15) is 22.3 Å². The minimum absolute atomic E-state index is 1.21. The molecular formula is C64H48. The van der Waals surface area contributed by atoms with E-state index in [1.807, 2.05) is 0 Å². The normalized spacial score (nSPS) is 11.4. The molecule has 0 aliphatic heterocycles. The molecule has 0 radical (unpaired) electrons. The molecule has 0 fully saturated rings. The third-order valence-electron chi connectivity index (χ3n) is 13.9. The molecule has 64 heavy (non-hydrogen) atoms. The second kappa shape index (κ2) is 16.2. The van der Waals surface area contributed by atoms with Crippen LogP contribution in [0.5, 0.6) is 0 Å². The van der Waals surface area contributed by atoms with Crippen LogP contribution in [0.15, 0.2) is 218 Å². The first-order valence-electron chi connectivity index (χ1n) is 22.4. The van der Waals surface area contributed by atoms with E-state index in [-0.39, 0.29) is 0 Å². The lowest BCUT2D eigenvalue weighted by Crippen LogP contribution is -1.92. The van der Waals surface area contributed by atoms with E-state index in [0.29, 0.717) is 0 Å². The summed E-state index contributed by atoms with van der Waals surface area (Å²) in [5, 5.41) is 0. The van der Waals surface area contributed by atoms with Gasteiger partial charge in [-0.2, -0.15) is 0 Å². The first-order chi connectivity index (χ1) is 31.3. The molecule has 10 aromatic carbocycles. The molecular weight excluding hydrogens is 769 g/mol. The van der Waals surface area contributed by atoms with Gasteiger partial charge in [0.15, 0.2) is 0 Å². The van der Waals surface area contributed by atoms with E-state index >= 15 is 0 Å². The standard InChI is InChI=1S/C64H48/c1-41-42(2)62-38-37-61(41)57-29-21-53(22-30-57)49-13-5-45(6-14-49)47-9-17-51(18-10-47)55-25-33-59(34-26-55)63-39-40-64(44(4)43(63)3)60-35-27-56(28-36-60)52-19-11-48(12-20-52)46-7-15-50(16-8-46)54-23-31-58(62)32-24-54/h5-40H,1-4H3. The molecule has 304 valence electrons. The summed E-state index contributed by atoms with van der Waals surface area (Å²) in [6.45, 7) is 9.01. The van der Waals surface area contributed by atoms with Crippen molar-refractivity contribution in [3.05, 3.63) is 241 Å². The summed E-state index contributed by atoms with van der Waals surface area (Å²) < 4.78 is 0. The van der Waals surface area contributed by atoms with E-state index in [2.05, 4.69) is 246 Å². The van der Waals surface area contributed by atoms with E-state index in [1.165, 1.54) is 134 Å². The van der Waals surface area contributed by atoms with Gasteiger partial charge in [-0.1, -0.05) is 218 Å². The molecule has 28 aliphatic rings. The van der Waals surface area contributed by atoms with Gasteiger partial charge in [0.05, 0.1) is 0 Å². The first kappa shape index (κ1) is 39.1. The molecule has 28 aliphatic carbocycles. The van der Waals surface area contributed by atoms with Crippen molar-refractivity contribution >= 4 is 0 Å². The van der Waals surface area contributed by atoms with Gasteiger partial charge in [-0.25, -0.2) is 0 Å². The van der Waals surface area contributed by atoms with Crippen LogP contribution in [0.25, 0.3) is 111 Å². The fourth-order valence-corrected chi connectivity index (χ4v) is 9.68. The fraction of sp³-hybridized carbons (Fsp3) is 0.0625. The van der Waals surface area contributed by atoms with Crippen molar-refractivity contribution in [3.63, 3.8) is 0 Å². The largest absolute Gasteiger partial charge is 0.0538 e. The van der Waals surface area contributed by atoms with Crippen molar-refractivity contribution < 1.29 is 0 Å². The van der Waals surface area contributed by atoms with Crippen LogP contribution in [0.3, 0.4) is 0 Å². The van der Waals surface area contributed by atoms with Crippen molar-refractivity contribution in [1.29, 1.82) is 0 Å². The van der Waals surface area contributed by atoms with Crippen LogP contribution in [-0.4, -0.2) is 0 Å². The first-order valence-corrected chi connectivity index (χ1v) is 22.4. The van der Waals surface area contributed by atoms with Gasteiger partial charge in [-0.15, -0.1) is 0 Å². The van der Waals surface area contributed by atoms with Gasteiger partial charge in [0.1, 0.15) is 0 Å². The molecule has 0 saturated heterocycles. The van der Waals surface area contributed by atoms with E-state index in [4.69, 9.17) is 0 Å². The zero-order valence-electron chi connectivity index (χ0n) is 36.8. The highest BCUT2D eigenvalue weighted by Crippen LogP contribution is 2.38. The number of rotatable bonds is 0. The van der Waals surface area contributed by atoms with Gasteiger partial charge >= 0.3 is 0 Å². The molecule has 0 spiro atoms. The predicted molar refractivity (Wildman–Crippen MR) is 273 cm³/mol. The second-order valence-corrected chi connectivity index (χ2v) is 17.4. The molecule has 0 nitrogen and oxygen atoms in total. The lowest BCUT2D eigenvalue weighted by molar-refractivity contribution is 1.34. The number of benzene rings is 10. The third-order valence-corrected chi connectivity index (χ3v) is 13.9. The highest BCUT2D eigenvalue weighted by molar-refractivity contribution is 5.83. The van der Waals surface area contributed by atoms with Crippen molar-refractivity contribution in [2.45, 2.75) is 27.7 Å². The number of hydrogen-bond acceptors (Lipinski definition) is 0. The van der Waals surface area contributed by atoms with Gasteiger partial charge in [-0.05, 0) is 161 Å². The monoisotopic (exact) mass is 816 g/mol. The summed E-state index contributed by atoms with van der Waals surface area (Å²) in [5.41, 5.74) is 29.9. The lowest BCUT2D eigenvalue weighted by Gasteiger charge is -2.15. The minimum atomic E-state index is 1.21. The Bertz CT molecular complexity index is 2840. The molecule has 0 unspecified atom stereocenters. The van der Waals surface area contributed by atoms with Crippen molar-refractivity contribution in [2.75, 3.05) is 0 Å². The minimum Gasteiger partial charge on any atom is -0.0538 e. The Kier molecular flexibility index (Phi) is 9.86. The van der Waals surface area contributed by atoms with Gasteiger partial charge in [-0.3, -0.25) is 0 Å². The molecule has 0 heteroatoms. The van der Waals surface area contributed by atoms with Crippen LogP contribution in [-0.2, 0) is 0 Å². The zero-order valence-corrected chi connectivity index (χ0v) is 36.8. The van der Waals surface area contributed by atoms with E-state index < -0.39 is 0 Å². The topological polar surface area (TPSA) is 0 Å². The lowest BCUT2D eigenvalue weighted by atomic mass is 9.89. The van der Waals surface area contributed by atoms with Crippen molar-refractivity contribution in [3.8, 4) is 111 Å². The number of hydrogen-bond donors (Lipinski definition) is 0. The Labute approximate surface area is 377 Å². The van der Waals surface area contributed by atoms with Crippen molar-refractivity contribution in [2.24, 2.45) is 0 Å². The maximum absolute atomic E-state index is 2.29. The van der Waals surface area contributed by atoms with Crippen LogP contribution in [0, 0.1) is 27.7 Å². The fourth-order valence-electron chi connectivity index (χ4n) is 9.68. The van der Waals surface area contributed by atoms with Crippen LogP contribution < -0.4 is 0 Å². The van der Waals surface area contributed by atoms with Crippen LogP contribution in [0.2, 0.25) is 0 Å². The van der Waals surface area contributed by atoms with Gasteiger partial charge in [0, 0.05) is 0 Å². The molecule has 0 atom stereocenters. The summed E-state index contributed by atoms with van der Waals surface area (Å²) in [6.07, 6.45) is 0. The zero-order chi connectivity index (χ0) is 43.3. The molecule has 0 N–H and O–H groups in total. The predicted octanol–water partition coefficient (Wildman–Crippen LogP) is 17.9.